The van der Waals surface area contributed by atoms with Crippen molar-refractivity contribution in [1.82, 2.24) is 10.1 Å². The van der Waals surface area contributed by atoms with Crippen LogP contribution in [-0.2, 0) is 0 Å². The Balaban J connectivity index is 1.35. The number of carbonyl (C=O) groups excluding carboxylic acids is 1. The summed E-state index contributed by atoms with van der Waals surface area (Å²) in [5.74, 6) is 0.644. The first-order valence-electron chi connectivity index (χ1n) is 9.62. The zero-order valence-electron chi connectivity index (χ0n) is 15.9. The number of rotatable bonds is 6. The minimum atomic E-state index is -0.317. The molecule has 1 amide bonds. The third-order valence-electron chi connectivity index (χ3n) is 4.91. The second-order valence-electron chi connectivity index (χ2n) is 6.88. The number of amides is 1. The number of benzene rings is 1. The first kappa shape index (κ1) is 18.3. The topological polar surface area (TPSA) is 74.8 Å². The maximum atomic E-state index is 12.4. The first-order chi connectivity index (χ1) is 13.7. The van der Waals surface area contributed by atoms with Gasteiger partial charge >= 0.3 is 0 Å². The molecule has 28 heavy (non-hydrogen) atoms. The Morgan fingerprint density at radius 3 is 2.57 bits per heavy atom. The van der Waals surface area contributed by atoms with Gasteiger partial charge in [-0.05, 0) is 49.4 Å². The van der Waals surface area contributed by atoms with Crippen molar-refractivity contribution in [2.75, 3.05) is 42.9 Å². The van der Waals surface area contributed by atoms with Crippen molar-refractivity contribution in [3.8, 4) is 11.5 Å². The summed E-state index contributed by atoms with van der Waals surface area (Å²) >= 11 is 0. The molecule has 0 saturated carbocycles. The number of hydrogen-bond acceptors (Lipinski definition) is 6. The summed E-state index contributed by atoms with van der Waals surface area (Å²) in [5.41, 5.74) is 2.11. The third kappa shape index (κ3) is 4.09. The van der Waals surface area contributed by atoms with Gasteiger partial charge in [-0.1, -0.05) is 12.1 Å². The van der Waals surface area contributed by atoms with Gasteiger partial charge in [0.15, 0.2) is 11.5 Å². The Hall–Kier alpha value is -3.06. The number of nitrogens with zero attached hydrogens (tertiary/aromatic N) is 3. The van der Waals surface area contributed by atoms with E-state index in [0.29, 0.717) is 11.5 Å². The van der Waals surface area contributed by atoms with E-state index in [1.165, 1.54) is 18.7 Å². The lowest BCUT2D eigenvalue weighted by molar-refractivity contribution is 0.101. The van der Waals surface area contributed by atoms with Crippen LogP contribution in [0, 0.1) is 0 Å². The lowest BCUT2D eigenvalue weighted by Crippen LogP contribution is -2.46. The highest BCUT2D eigenvalue weighted by molar-refractivity contribution is 6.03. The Labute approximate surface area is 163 Å². The van der Waals surface area contributed by atoms with Gasteiger partial charge in [0.05, 0.1) is 6.26 Å². The monoisotopic (exact) mass is 380 g/mol. The molecule has 1 aliphatic heterocycles. The average molecular weight is 380 g/mol. The minimum absolute atomic E-state index is 0.211. The van der Waals surface area contributed by atoms with E-state index in [4.69, 9.17) is 8.94 Å². The van der Waals surface area contributed by atoms with Gasteiger partial charge in [-0.15, -0.1) is 0 Å². The average Bonchev–Trinajstić information content (AvgIpc) is 3.41. The Bertz CT molecular complexity index is 894. The lowest BCUT2D eigenvalue weighted by atomic mass is 10.2. The molecular weight excluding hydrogens is 356 g/mol. The van der Waals surface area contributed by atoms with E-state index in [2.05, 4.69) is 27.2 Å². The van der Waals surface area contributed by atoms with Crippen molar-refractivity contribution in [2.45, 2.75) is 13.3 Å². The van der Waals surface area contributed by atoms with Gasteiger partial charge in [0.25, 0.3) is 5.91 Å². The molecule has 3 aromatic rings. The van der Waals surface area contributed by atoms with E-state index in [-0.39, 0.29) is 11.6 Å². The molecule has 1 aliphatic rings. The number of anilines is 2. The lowest BCUT2D eigenvalue weighted by Gasteiger charge is -2.36. The summed E-state index contributed by atoms with van der Waals surface area (Å²) in [4.78, 5) is 17.3. The molecule has 0 atom stereocenters. The van der Waals surface area contributed by atoms with Gasteiger partial charge in [0.2, 0.25) is 5.76 Å². The molecule has 0 bridgehead atoms. The third-order valence-corrected chi connectivity index (χ3v) is 4.91. The zero-order valence-corrected chi connectivity index (χ0v) is 15.9. The Kier molecular flexibility index (Phi) is 5.43. The van der Waals surface area contributed by atoms with E-state index < -0.39 is 0 Å². The zero-order chi connectivity index (χ0) is 19.3. The van der Waals surface area contributed by atoms with Gasteiger partial charge in [-0.3, -0.25) is 9.69 Å². The smallest absolute Gasteiger partial charge is 0.277 e. The van der Waals surface area contributed by atoms with Gasteiger partial charge in [-0.25, -0.2) is 0 Å². The van der Waals surface area contributed by atoms with Crippen molar-refractivity contribution < 1.29 is 13.7 Å². The fourth-order valence-corrected chi connectivity index (χ4v) is 3.41. The number of hydrogen-bond donors (Lipinski definition) is 1. The molecule has 1 fully saturated rings. The molecule has 0 spiro atoms. The van der Waals surface area contributed by atoms with Crippen LogP contribution in [0.15, 0.2) is 57.7 Å². The number of furan rings is 1. The molecule has 146 valence electrons. The Morgan fingerprint density at radius 1 is 1.11 bits per heavy atom. The molecule has 1 N–H and O–H groups in total. The van der Waals surface area contributed by atoms with Crippen LogP contribution in [0.2, 0.25) is 0 Å². The van der Waals surface area contributed by atoms with Crippen LogP contribution >= 0.6 is 0 Å². The summed E-state index contributed by atoms with van der Waals surface area (Å²) < 4.78 is 10.4. The summed E-state index contributed by atoms with van der Waals surface area (Å²) in [7, 11) is 0. The predicted molar refractivity (Wildman–Crippen MR) is 108 cm³/mol. The van der Waals surface area contributed by atoms with Crippen LogP contribution in [0.3, 0.4) is 0 Å². The summed E-state index contributed by atoms with van der Waals surface area (Å²) in [6, 6.07) is 13.0. The highest BCUT2D eigenvalue weighted by Crippen LogP contribution is 2.22. The van der Waals surface area contributed by atoms with E-state index in [1.807, 2.05) is 24.3 Å². The maximum Gasteiger partial charge on any atom is 0.277 e. The Morgan fingerprint density at radius 2 is 1.89 bits per heavy atom. The van der Waals surface area contributed by atoms with Crippen LogP contribution in [0.25, 0.3) is 11.5 Å². The summed E-state index contributed by atoms with van der Waals surface area (Å²) in [6.07, 6.45) is 2.74. The van der Waals surface area contributed by atoms with Crippen molar-refractivity contribution in [3.05, 3.63) is 54.4 Å². The van der Waals surface area contributed by atoms with Crippen LogP contribution in [0.1, 0.15) is 23.8 Å². The van der Waals surface area contributed by atoms with E-state index >= 15 is 0 Å². The molecule has 0 unspecified atom stereocenters. The molecule has 7 nitrogen and oxygen atoms in total. The van der Waals surface area contributed by atoms with Crippen molar-refractivity contribution in [2.24, 2.45) is 0 Å². The molecule has 1 aromatic carbocycles. The van der Waals surface area contributed by atoms with Crippen molar-refractivity contribution in [3.63, 3.8) is 0 Å². The molecule has 0 radical (unpaired) electrons. The maximum absolute atomic E-state index is 12.4. The molecule has 1 saturated heterocycles. The van der Waals surface area contributed by atoms with E-state index in [9.17, 15) is 4.79 Å². The fraction of sp³-hybridized carbons (Fsp3) is 0.333. The number of piperazine rings is 1. The van der Waals surface area contributed by atoms with Gasteiger partial charge in [0, 0.05) is 43.6 Å². The van der Waals surface area contributed by atoms with E-state index in [1.54, 1.807) is 24.5 Å². The minimum Gasteiger partial charge on any atom is -0.461 e. The first-order valence-corrected chi connectivity index (χ1v) is 9.62. The number of nitrogens with one attached hydrogen (secondary N) is 1. The van der Waals surface area contributed by atoms with Crippen molar-refractivity contribution in [1.29, 1.82) is 0 Å². The molecule has 7 heteroatoms. The highest BCUT2D eigenvalue weighted by atomic mass is 16.5. The van der Waals surface area contributed by atoms with Crippen LogP contribution in [0.4, 0.5) is 11.4 Å². The normalized spacial score (nSPS) is 15.0. The second-order valence-corrected chi connectivity index (χ2v) is 6.88. The molecule has 3 heterocycles. The van der Waals surface area contributed by atoms with Crippen molar-refractivity contribution >= 4 is 17.3 Å². The molecule has 0 aliphatic carbocycles. The van der Waals surface area contributed by atoms with Crippen LogP contribution in [0.5, 0.6) is 0 Å². The fourth-order valence-electron chi connectivity index (χ4n) is 3.41. The molecule has 4 rings (SSSR count). The number of carbonyl (C=O) groups is 1. The van der Waals surface area contributed by atoms with Gasteiger partial charge < -0.3 is 19.2 Å². The molecular formula is C21H24N4O3. The second kappa shape index (κ2) is 8.31. The SMILES string of the molecule is CCCN1CCN(c2ccc(NC(=O)c3cc(-c4ccco4)on3)cc2)CC1. The quantitative estimate of drug-likeness (QED) is 0.703. The largest absolute Gasteiger partial charge is 0.461 e. The predicted octanol–water partition coefficient (Wildman–Crippen LogP) is 3.72. The van der Waals surface area contributed by atoms with Crippen LogP contribution in [-0.4, -0.2) is 48.7 Å². The van der Waals surface area contributed by atoms with Gasteiger partial charge in [0.1, 0.15) is 0 Å². The van der Waals surface area contributed by atoms with Gasteiger partial charge in [-0.2, -0.15) is 0 Å². The molecule has 2 aromatic heterocycles. The van der Waals surface area contributed by atoms with E-state index in [0.717, 1.165) is 31.9 Å². The standard InChI is InChI=1S/C21H24N4O3/c1-2-9-24-10-12-25(13-11-24)17-7-5-16(6-8-17)22-21(26)18-15-20(28-23-18)19-4-3-14-27-19/h3-8,14-15H,2,9-13H2,1H3,(H,22,26). The van der Waals surface area contributed by atoms with Crippen LogP contribution < -0.4 is 10.2 Å². The summed E-state index contributed by atoms with van der Waals surface area (Å²) in [6.45, 7) is 7.63. The summed E-state index contributed by atoms with van der Waals surface area (Å²) in [5, 5.41) is 6.67. The highest BCUT2D eigenvalue weighted by Gasteiger charge is 2.17. The number of aromatic nitrogens is 1.